The summed E-state index contributed by atoms with van der Waals surface area (Å²) in [5.74, 6) is 0.603. The number of aromatic nitrogens is 2. The van der Waals surface area contributed by atoms with Crippen molar-refractivity contribution in [2.75, 3.05) is 11.1 Å². The van der Waals surface area contributed by atoms with Gasteiger partial charge in [0.25, 0.3) is 0 Å². The SMILES string of the molecule is CC=CC[S+]([O-])c1ccc2[nH]c(NC(=O)O)nc2c1. The van der Waals surface area contributed by atoms with Gasteiger partial charge in [-0.3, -0.25) is 5.32 Å². The van der Waals surface area contributed by atoms with Crippen LogP contribution in [0, 0.1) is 0 Å². The predicted molar refractivity (Wildman–Crippen MR) is 73.8 cm³/mol. The lowest BCUT2D eigenvalue weighted by Gasteiger charge is -2.07. The number of hydrogen-bond donors (Lipinski definition) is 3. The zero-order valence-corrected chi connectivity index (χ0v) is 11.0. The second-order valence-electron chi connectivity index (χ2n) is 3.78. The molecule has 1 aromatic heterocycles. The fourth-order valence-electron chi connectivity index (χ4n) is 1.57. The van der Waals surface area contributed by atoms with E-state index in [4.69, 9.17) is 5.11 Å². The highest BCUT2D eigenvalue weighted by Gasteiger charge is 2.12. The van der Waals surface area contributed by atoms with Crippen molar-refractivity contribution in [2.45, 2.75) is 11.8 Å². The lowest BCUT2D eigenvalue weighted by Crippen LogP contribution is -2.08. The van der Waals surface area contributed by atoms with Crippen LogP contribution in [0.3, 0.4) is 0 Å². The van der Waals surface area contributed by atoms with Crippen LogP contribution in [0.2, 0.25) is 0 Å². The number of anilines is 1. The van der Waals surface area contributed by atoms with Gasteiger partial charge in [-0.1, -0.05) is 6.08 Å². The van der Waals surface area contributed by atoms with E-state index in [1.54, 1.807) is 18.2 Å². The first-order valence-electron chi connectivity index (χ1n) is 5.59. The van der Waals surface area contributed by atoms with E-state index < -0.39 is 17.3 Å². The molecule has 19 heavy (non-hydrogen) atoms. The summed E-state index contributed by atoms with van der Waals surface area (Å²) in [5, 5.41) is 10.7. The summed E-state index contributed by atoms with van der Waals surface area (Å²) in [6.45, 7) is 1.87. The zero-order chi connectivity index (χ0) is 13.8. The minimum Gasteiger partial charge on any atom is -0.611 e. The van der Waals surface area contributed by atoms with Gasteiger partial charge in [0.05, 0.1) is 11.0 Å². The van der Waals surface area contributed by atoms with Crippen molar-refractivity contribution >= 4 is 34.3 Å². The first-order chi connectivity index (χ1) is 9.10. The number of allylic oxidation sites excluding steroid dienone is 1. The van der Waals surface area contributed by atoms with Crippen LogP contribution in [0.15, 0.2) is 35.2 Å². The van der Waals surface area contributed by atoms with Gasteiger partial charge in [0.1, 0.15) is 5.75 Å². The van der Waals surface area contributed by atoms with Crippen molar-refractivity contribution < 1.29 is 14.5 Å². The number of benzene rings is 1. The van der Waals surface area contributed by atoms with Crippen LogP contribution < -0.4 is 5.32 Å². The molecule has 1 unspecified atom stereocenters. The largest absolute Gasteiger partial charge is 0.611 e. The highest BCUT2D eigenvalue weighted by molar-refractivity contribution is 7.91. The van der Waals surface area contributed by atoms with E-state index in [0.29, 0.717) is 21.7 Å². The van der Waals surface area contributed by atoms with Gasteiger partial charge < -0.3 is 14.6 Å². The van der Waals surface area contributed by atoms with Gasteiger partial charge in [0.15, 0.2) is 4.90 Å². The number of H-pyrrole nitrogens is 1. The summed E-state index contributed by atoms with van der Waals surface area (Å²) in [6, 6.07) is 5.17. The Kier molecular flexibility index (Phi) is 4.08. The molecule has 0 fully saturated rings. The highest BCUT2D eigenvalue weighted by atomic mass is 32.2. The molecule has 1 amide bonds. The number of imidazole rings is 1. The van der Waals surface area contributed by atoms with Crippen molar-refractivity contribution in [1.82, 2.24) is 9.97 Å². The summed E-state index contributed by atoms with van der Waals surface area (Å²) in [7, 11) is 0. The molecule has 0 aliphatic rings. The Morgan fingerprint density at radius 2 is 2.42 bits per heavy atom. The summed E-state index contributed by atoms with van der Waals surface area (Å²) in [5.41, 5.74) is 1.27. The Balaban J connectivity index is 2.27. The smallest absolute Gasteiger partial charge is 0.411 e. The maximum Gasteiger partial charge on any atom is 0.411 e. The van der Waals surface area contributed by atoms with Crippen LogP contribution in [0.5, 0.6) is 0 Å². The highest BCUT2D eigenvalue weighted by Crippen LogP contribution is 2.20. The van der Waals surface area contributed by atoms with Crippen LogP contribution in [0.25, 0.3) is 11.0 Å². The standard InChI is InChI=1S/C12H13N3O3S/c1-2-3-6-19(18)8-4-5-9-10(7-8)14-11(13-9)15-12(16)17/h2-5,7H,6H2,1H3,(H,16,17)(H2,13,14,15). The molecule has 0 bridgehead atoms. The van der Waals surface area contributed by atoms with Gasteiger partial charge in [-0.15, -0.1) is 0 Å². The quantitative estimate of drug-likeness (QED) is 0.590. The van der Waals surface area contributed by atoms with E-state index >= 15 is 0 Å². The third-order valence-electron chi connectivity index (χ3n) is 2.43. The molecule has 0 saturated heterocycles. The van der Waals surface area contributed by atoms with Crippen molar-refractivity contribution in [3.63, 3.8) is 0 Å². The van der Waals surface area contributed by atoms with Crippen molar-refractivity contribution in [3.05, 3.63) is 30.4 Å². The Hall–Kier alpha value is -1.99. The third kappa shape index (κ3) is 3.27. The van der Waals surface area contributed by atoms with Crippen molar-refractivity contribution in [3.8, 4) is 0 Å². The third-order valence-corrected chi connectivity index (χ3v) is 3.70. The average Bonchev–Trinajstić information content (AvgIpc) is 2.75. The van der Waals surface area contributed by atoms with Crippen molar-refractivity contribution in [2.24, 2.45) is 0 Å². The topological polar surface area (TPSA) is 101 Å². The first-order valence-corrected chi connectivity index (χ1v) is 6.91. The van der Waals surface area contributed by atoms with Crippen LogP contribution >= 0.6 is 0 Å². The van der Waals surface area contributed by atoms with E-state index in [-0.39, 0.29) is 5.95 Å². The molecular weight excluding hydrogens is 266 g/mol. The number of hydrogen-bond acceptors (Lipinski definition) is 3. The molecule has 100 valence electrons. The molecule has 0 spiro atoms. The average molecular weight is 279 g/mol. The minimum atomic E-state index is -1.18. The van der Waals surface area contributed by atoms with Gasteiger partial charge >= 0.3 is 6.09 Å². The van der Waals surface area contributed by atoms with Gasteiger partial charge in [-0.25, -0.2) is 9.78 Å². The molecule has 0 saturated carbocycles. The van der Waals surface area contributed by atoms with Gasteiger partial charge in [0, 0.05) is 6.07 Å². The fraction of sp³-hybridized carbons (Fsp3) is 0.167. The number of carboxylic acid groups (broad SMARTS) is 1. The number of amides is 1. The number of nitrogens with one attached hydrogen (secondary N) is 2. The Morgan fingerprint density at radius 3 is 3.11 bits per heavy atom. The van der Waals surface area contributed by atoms with E-state index in [0.717, 1.165) is 0 Å². The van der Waals surface area contributed by atoms with E-state index in [1.165, 1.54) is 0 Å². The summed E-state index contributed by atoms with van der Waals surface area (Å²) in [4.78, 5) is 18.1. The molecule has 0 radical (unpaired) electrons. The molecule has 3 N–H and O–H groups in total. The molecule has 1 atom stereocenters. The van der Waals surface area contributed by atoms with E-state index in [2.05, 4.69) is 15.3 Å². The normalized spacial score (nSPS) is 12.9. The number of fused-ring (bicyclic) bond motifs is 1. The van der Waals surface area contributed by atoms with Crippen LogP contribution in [0.1, 0.15) is 6.92 Å². The Labute approximate surface area is 112 Å². The molecule has 1 heterocycles. The molecule has 2 aromatic rings. The molecule has 2 rings (SSSR count). The molecular formula is C12H13N3O3S. The molecule has 6 nitrogen and oxygen atoms in total. The van der Waals surface area contributed by atoms with Crippen LogP contribution in [-0.4, -0.2) is 31.5 Å². The summed E-state index contributed by atoms with van der Waals surface area (Å²) < 4.78 is 11.9. The second-order valence-corrected chi connectivity index (χ2v) is 5.27. The lowest BCUT2D eigenvalue weighted by molar-refractivity contribution is 0.209. The molecule has 0 aliphatic heterocycles. The second kappa shape index (κ2) is 5.77. The number of carbonyl (C=O) groups is 1. The molecule has 0 aliphatic carbocycles. The maximum atomic E-state index is 11.9. The molecule has 1 aromatic carbocycles. The number of aromatic amines is 1. The maximum absolute atomic E-state index is 11.9. The van der Waals surface area contributed by atoms with E-state index in [9.17, 15) is 9.35 Å². The van der Waals surface area contributed by atoms with Crippen LogP contribution in [0.4, 0.5) is 10.7 Å². The Morgan fingerprint density at radius 1 is 1.63 bits per heavy atom. The summed E-state index contributed by atoms with van der Waals surface area (Å²) >= 11 is -1.12. The predicted octanol–water partition coefficient (Wildman–Crippen LogP) is 2.34. The van der Waals surface area contributed by atoms with Crippen molar-refractivity contribution in [1.29, 1.82) is 0 Å². The summed E-state index contributed by atoms with van der Waals surface area (Å²) in [6.07, 6.45) is 2.50. The van der Waals surface area contributed by atoms with Gasteiger partial charge in [-0.05, 0) is 36.3 Å². The van der Waals surface area contributed by atoms with Gasteiger partial charge in [-0.2, -0.15) is 0 Å². The monoisotopic (exact) mass is 279 g/mol. The minimum absolute atomic E-state index is 0.152. The van der Waals surface area contributed by atoms with Gasteiger partial charge in [0.2, 0.25) is 5.95 Å². The first kappa shape index (κ1) is 13.4. The number of nitrogens with zero attached hydrogens (tertiary/aromatic N) is 1. The fourth-order valence-corrected chi connectivity index (χ4v) is 2.59. The Bertz CT molecular complexity index is 624. The zero-order valence-electron chi connectivity index (χ0n) is 10.2. The lowest BCUT2D eigenvalue weighted by atomic mass is 10.3. The van der Waals surface area contributed by atoms with E-state index in [1.807, 2.05) is 19.1 Å². The molecule has 7 heteroatoms. The van der Waals surface area contributed by atoms with Crippen LogP contribution in [-0.2, 0) is 11.2 Å². The number of rotatable bonds is 4.